The molecule has 14 heavy (non-hydrogen) atoms. The van der Waals surface area contributed by atoms with Gasteiger partial charge in [-0.25, -0.2) is 4.79 Å². The number of rotatable bonds is 2. The van der Waals surface area contributed by atoms with Crippen LogP contribution in [-0.2, 0) is 13.0 Å². The number of fused-ring (bicyclic) bond motifs is 1. The maximum atomic E-state index is 11.2. The molecule has 1 aromatic rings. The van der Waals surface area contributed by atoms with Gasteiger partial charge < -0.3 is 15.6 Å². The van der Waals surface area contributed by atoms with E-state index in [0.29, 0.717) is 0 Å². The second-order valence-electron chi connectivity index (χ2n) is 3.30. The second kappa shape index (κ2) is 3.79. The summed E-state index contributed by atoms with van der Waals surface area (Å²) in [5, 5.41) is 6.36. The number of nitrogens with one attached hydrogen (secondary N) is 3. The van der Waals surface area contributed by atoms with Crippen LogP contribution in [0, 0.1) is 0 Å². The van der Waals surface area contributed by atoms with Crippen molar-refractivity contribution in [1.29, 1.82) is 0 Å². The summed E-state index contributed by atoms with van der Waals surface area (Å²) in [7, 11) is 0. The van der Waals surface area contributed by atoms with Gasteiger partial charge in [-0.05, 0) is 6.92 Å². The summed E-state index contributed by atoms with van der Waals surface area (Å²) in [6.07, 6.45) is 0.867. The number of anilines is 1. The standard InChI is InChI=1S/C9H14N4O/c1-2-11-8-6-5-10-4-3-7(6)12-9(14)13-8/h10H,2-5H2,1H3,(H2,11,12,13,14). The molecule has 0 fully saturated rings. The lowest BCUT2D eigenvalue weighted by molar-refractivity contribution is 0.624. The predicted molar refractivity (Wildman–Crippen MR) is 54.4 cm³/mol. The highest BCUT2D eigenvalue weighted by molar-refractivity contribution is 5.46. The van der Waals surface area contributed by atoms with E-state index in [0.717, 1.165) is 43.1 Å². The molecule has 0 saturated carbocycles. The molecule has 2 rings (SSSR count). The Labute approximate surface area is 82.0 Å². The molecule has 0 bridgehead atoms. The molecule has 0 spiro atoms. The zero-order chi connectivity index (χ0) is 9.97. The average Bonchev–Trinajstić information content (AvgIpc) is 2.18. The number of nitrogens with zero attached hydrogens (tertiary/aromatic N) is 1. The van der Waals surface area contributed by atoms with Crippen LogP contribution in [0.3, 0.4) is 0 Å². The summed E-state index contributed by atoms with van der Waals surface area (Å²) in [6, 6.07) is 0. The Hall–Kier alpha value is -1.36. The van der Waals surface area contributed by atoms with Gasteiger partial charge in [0.2, 0.25) is 0 Å². The second-order valence-corrected chi connectivity index (χ2v) is 3.30. The van der Waals surface area contributed by atoms with Crippen molar-refractivity contribution >= 4 is 5.82 Å². The number of hydrogen-bond acceptors (Lipinski definition) is 4. The van der Waals surface area contributed by atoms with Gasteiger partial charge in [-0.15, -0.1) is 0 Å². The Morgan fingerprint density at radius 3 is 3.21 bits per heavy atom. The van der Waals surface area contributed by atoms with E-state index >= 15 is 0 Å². The first-order valence-electron chi connectivity index (χ1n) is 4.88. The molecule has 5 heteroatoms. The first-order valence-corrected chi connectivity index (χ1v) is 4.88. The summed E-state index contributed by atoms with van der Waals surface area (Å²) in [6.45, 7) is 4.47. The third kappa shape index (κ3) is 1.63. The number of aromatic amines is 1. The van der Waals surface area contributed by atoms with Gasteiger partial charge in [0.05, 0.1) is 0 Å². The number of H-pyrrole nitrogens is 1. The Balaban J connectivity index is 2.47. The van der Waals surface area contributed by atoms with Crippen LogP contribution in [0.4, 0.5) is 5.82 Å². The van der Waals surface area contributed by atoms with Gasteiger partial charge in [0.1, 0.15) is 5.82 Å². The van der Waals surface area contributed by atoms with Gasteiger partial charge in [0.25, 0.3) is 0 Å². The molecule has 0 saturated heterocycles. The molecule has 5 nitrogen and oxygen atoms in total. The van der Waals surface area contributed by atoms with Gasteiger partial charge in [0, 0.05) is 37.3 Å². The number of hydrogen-bond donors (Lipinski definition) is 3. The van der Waals surface area contributed by atoms with Crippen molar-refractivity contribution in [2.24, 2.45) is 0 Å². The van der Waals surface area contributed by atoms with Crippen LogP contribution < -0.4 is 16.3 Å². The van der Waals surface area contributed by atoms with Crippen LogP contribution in [0.1, 0.15) is 18.2 Å². The summed E-state index contributed by atoms with van der Waals surface area (Å²) in [5.41, 5.74) is 1.85. The highest BCUT2D eigenvalue weighted by Crippen LogP contribution is 2.16. The quantitative estimate of drug-likeness (QED) is 0.612. The van der Waals surface area contributed by atoms with Gasteiger partial charge >= 0.3 is 5.69 Å². The van der Waals surface area contributed by atoms with Crippen LogP contribution >= 0.6 is 0 Å². The van der Waals surface area contributed by atoms with E-state index in [-0.39, 0.29) is 5.69 Å². The molecule has 0 atom stereocenters. The fraction of sp³-hybridized carbons (Fsp3) is 0.556. The molecule has 0 unspecified atom stereocenters. The maximum Gasteiger partial charge on any atom is 0.347 e. The SMILES string of the molecule is CCNc1nc(=O)[nH]c2c1CNCC2. The summed E-state index contributed by atoms with van der Waals surface area (Å²) >= 11 is 0. The monoisotopic (exact) mass is 194 g/mol. The average molecular weight is 194 g/mol. The lowest BCUT2D eigenvalue weighted by Crippen LogP contribution is -2.30. The molecule has 0 radical (unpaired) electrons. The fourth-order valence-electron chi connectivity index (χ4n) is 1.69. The normalized spacial score (nSPS) is 14.9. The third-order valence-electron chi connectivity index (χ3n) is 2.32. The lowest BCUT2D eigenvalue weighted by Gasteiger charge is -2.18. The molecule has 1 aromatic heterocycles. The van der Waals surface area contributed by atoms with Crippen LogP contribution in [0.2, 0.25) is 0 Å². The first kappa shape index (κ1) is 9.21. The summed E-state index contributed by atoms with van der Waals surface area (Å²) < 4.78 is 0. The van der Waals surface area contributed by atoms with E-state index in [9.17, 15) is 4.79 Å². The third-order valence-corrected chi connectivity index (χ3v) is 2.32. The van der Waals surface area contributed by atoms with Crippen molar-refractivity contribution in [3.05, 3.63) is 21.7 Å². The Morgan fingerprint density at radius 1 is 1.57 bits per heavy atom. The largest absolute Gasteiger partial charge is 0.370 e. The number of aromatic nitrogens is 2. The van der Waals surface area contributed by atoms with E-state index in [1.807, 2.05) is 6.92 Å². The van der Waals surface area contributed by atoms with Crippen molar-refractivity contribution < 1.29 is 0 Å². The minimum absolute atomic E-state index is 0.262. The van der Waals surface area contributed by atoms with Crippen LogP contribution in [-0.4, -0.2) is 23.1 Å². The first-order chi connectivity index (χ1) is 6.81. The van der Waals surface area contributed by atoms with Crippen molar-refractivity contribution in [3.63, 3.8) is 0 Å². The van der Waals surface area contributed by atoms with E-state index in [1.165, 1.54) is 0 Å². The van der Waals surface area contributed by atoms with E-state index in [4.69, 9.17) is 0 Å². The summed E-state index contributed by atoms with van der Waals surface area (Å²) in [5.74, 6) is 0.721. The topological polar surface area (TPSA) is 69.8 Å². The molecule has 3 N–H and O–H groups in total. The maximum absolute atomic E-state index is 11.2. The van der Waals surface area contributed by atoms with E-state index < -0.39 is 0 Å². The lowest BCUT2D eigenvalue weighted by atomic mass is 10.1. The molecule has 2 heterocycles. The Bertz CT molecular complexity index is 385. The molecule has 76 valence electrons. The van der Waals surface area contributed by atoms with Crippen LogP contribution in [0.5, 0.6) is 0 Å². The predicted octanol–water partition coefficient (Wildman–Crippen LogP) is -0.153. The molecular formula is C9H14N4O. The zero-order valence-electron chi connectivity index (χ0n) is 8.18. The zero-order valence-corrected chi connectivity index (χ0v) is 8.18. The van der Waals surface area contributed by atoms with Crippen molar-refractivity contribution in [3.8, 4) is 0 Å². The fourth-order valence-corrected chi connectivity index (χ4v) is 1.69. The highest BCUT2D eigenvalue weighted by atomic mass is 16.1. The van der Waals surface area contributed by atoms with Gasteiger partial charge in [-0.3, -0.25) is 0 Å². The smallest absolute Gasteiger partial charge is 0.347 e. The van der Waals surface area contributed by atoms with Crippen LogP contribution in [0.15, 0.2) is 4.79 Å². The molecule has 1 aliphatic rings. The van der Waals surface area contributed by atoms with E-state index in [1.54, 1.807) is 0 Å². The summed E-state index contributed by atoms with van der Waals surface area (Å²) in [4.78, 5) is 17.9. The molecule has 0 aliphatic carbocycles. The molecule has 0 amide bonds. The van der Waals surface area contributed by atoms with Crippen LogP contribution in [0.25, 0.3) is 0 Å². The van der Waals surface area contributed by atoms with Gasteiger partial charge in [-0.1, -0.05) is 0 Å². The van der Waals surface area contributed by atoms with Crippen molar-refractivity contribution in [2.45, 2.75) is 19.9 Å². The van der Waals surface area contributed by atoms with Crippen molar-refractivity contribution in [2.75, 3.05) is 18.4 Å². The molecule has 0 aromatic carbocycles. The highest BCUT2D eigenvalue weighted by Gasteiger charge is 2.14. The molecule has 1 aliphatic heterocycles. The van der Waals surface area contributed by atoms with Gasteiger partial charge in [0.15, 0.2) is 0 Å². The minimum Gasteiger partial charge on any atom is -0.370 e. The minimum atomic E-state index is -0.262. The Morgan fingerprint density at radius 2 is 2.43 bits per heavy atom. The van der Waals surface area contributed by atoms with Gasteiger partial charge in [-0.2, -0.15) is 4.98 Å². The van der Waals surface area contributed by atoms with Crippen molar-refractivity contribution in [1.82, 2.24) is 15.3 Å². The Kier molecular flexibility index (Phi) is 2.49. The van der Waals surface area contributed by atoms with E-state index in [2.05, 4.69) is 20.6 Å². The molecular weight excluding hydrogens is 180 g/mol.